The van der Waals surface area contributed by atoms with E-state index >= 15 is 0 Å². The second kappa shape index (κ2) is 5.83. The lowest BCUT2D eigenvalue weighted by Crippen LogP contribution is -2.52. The van der Waals surface area contributed by atoms with E-state index in [0.717, 1.165) is 19.0 Å². The number of rotatable bonds is 6. The van der Waals surface area contributed by atoms with Crippen molar-refractivity contribution in [2.24, 2.45) is 5.73 Å². The molecule has 2 N–H and O–H groups in total. The van der Waals surface area contributed by atoms with E-state index in [0.29, 0.717) is 0 Å². The lowest BCUT2D eigenvalue weighted by Gasteiger charge is -2.33. The molecule has 0 aromatic heterocycles. The molecule has 0 aliphatic heterocycles. The predicted octanol–water partition coefficient (Wildman–Crippen LogP) is 2.44. The number of nitrogens with zero attached hydrogens (tertiary/aromatic N) is 1. The van der Waals surface area contributed by atoms with Gasteiger partial charge in [0.25, 0.3) is 0 Å². The Morgan fingerprint density at radius 1 is 1.25 bits per heavy atom. The van der Waals surface area contributed by atoms with Crippen LogP contribution in [0.15, 0.2) is 0 Å². The Bertz CT molecular complexity index is 239. The summed E-state index contributed by atoms with van der Waals surface area (Å²) < 4.78 is 7.34. The topological polar surface area (TPSA) is 55.6 Å². The average Bonchev–Trinajstić information content (AvgIpc) is 2.09. The Morgan fingerprint density at radius 2 is 1.75 bits per heavy atom. The summed E-state index contributed by atoms with van der Waals surface area (Å²) in [5.74, 6) is 0. The molecule has 0 fully saturated rings. The number of carbonyl (C=O) groups excluding carboxylic acids is 1. The first-order chi connectivity index (χ1) is 7.10. The molecule has 0 bridgehead atoms. The SMILES string of the molecule is CO[Si](C)(C)CCCN(C(N)=O)[Si](C)(C)C. The maximum absolute atomic E-state index is 11.3. The highest BCUT2D eigenvalue weighted by Crippen LogP contribution is 2.15. The van der Waals surface area contributed by atoms with Crippen molar-refractivity contribution in [1.29, 1.82) is 0 Å². The van der Waals surface area contributed by atoms with Crippen LogP contribution in [-0.4, -0.2) is 40.8 Å². The van der Waals surface area contributed by atoms with Gasteiger partial charge >= 0.3 is 6.03 Å². The lowest BCUT2D eigenvalue weighted by atomic mass is 10.5. The minimum Gasteiger partial charge on any atom is -0.420 e. The van der Waals surface area contributed by atoms with E-state index < -0.39 is 16.6 Å². The molecule has 4 nitrogen and oxygen atoms in total. The average molecular weight is 263 g/mol. The van der Waals surface area contributed by atoms with Crippen LogP contribution in [0.25, 0.3) is 0 Å². The van der Waals surface area contributed by atoms with E-state index in [-0.39, 0.29) is 6.03 Å². The summed E-state index contributed by atoms with van der Waals surface area (Å²) in [6, 6.07) is 0.786. The van der Waals surface area contributed by atoms with Crippen LogP contribution in [0.1, 0.15) is 6.42 Å². The maximum Gasteiger partial charge on any atom is 0.306 e. The van der Waals surface area contributed by atoms with Crippen LogP contribution in [0.2, 0.25) is 38.8 Å². The number of amides is 2. The van der Waals surface area contributed by atoms with E-state index in [1.807, 2.05) is 4.57 Å². The van der Waals surface area contributed by atoms with Crippen LogP contribution in [-0.2, 0) is 4.43 Å². The lowest BCUT2D eigenvalue weighted by molar-refractivity contribution is 0.230. The van der Waals surface area contributed by atoms with Crippen molar-refractivity contribution in [1.82, 2.24) is 4.57 Å². The summed E-state index contributed by atoms with van der Waals surface area (Å²) in [7, 11) is -1.35. The van der Waals surface area contributed by atoms with Crippen molar-refractivity contribution >= 4 is 22.6 Å². The summed E-state index contributed by atoms with van der Waals surface area (Å²) >= 11 is 0. The molecule has 0 heterocycles. The third-order valence-corrected chi connectivity index (χ3v) is 7.52. The van der Waals surface area contributed by atoms with Crippen molar-refractivity contribution in [3.05, 3.63) is 0 Å². The zero-order valence-corrected chi connectivity index (χ0v) is 13.5. The molecule has 0 aromatic rings. The van der Waals surface area contributed by atoms with Crippen LogP contribution >= 0.6 is 0 Å². The minimum absolute atomic E-state index is 0.281. The number of nitrogens with two attached hydrogens (primary N) is 1. The number of hydrogen-bond acceptors (Lipinski definition) is 2. The van der Waals surface area contributed by atoms with Gasteiger partial charge in [0, 0.05) is 13.7 Å². The van der Waals surface area contributed by atoms with Crippen LogP contribution in [0, 0.1) is 0 Å². The standard InChI is InChI=1S/C10H26N2O2Si2/c1-14-16(5,6)9-7-8-12(10(11)13)15(2,3)4/h7-9H2,1-6H3,(H2,11,13). The fourth-order valence-electron chi connectivity index (χ4n) is 1.54. The Kier molecular flexibility index (Phi) is 5.71. The molecular formula is C10H26N2O2Si2. The van der Waals surface area contributed by atoms with Gasteiger partial charge < -0.3 is 14.7 Å². The molecular weight excluding hydrogens is 236 g/mol. The molecule has 96 valence electrons. The van der Waals surface area contributed by atoms with E-state index in [1.54, 1.807) is 7.11 Å². The summed E-state index contributed by atoms with van der Waals surface area (Å²) in [6.45, 7) is 11.6. The van der Waals surface area contributed by atoms with Crippen molar-refractivity contribution < 1.29 is 9.22 Å². The molecule has 16 heavy (non-hydrogen) atoms. The highest BCUT2D eigenvalue weighted by Gasteiger charge is 2.28. The first kappa shape index (κ1) is 15.7. The molecule has 6 heteroatoms. The van der Waals surface area contributed by atoms with Gasteiger partial charge in [-0.05, 0) is 25.6 Å². The molecule has 0 saturated heterocycles. The monoisotopic (exact) mass is 262 g/mol. The van der Waals surface area contributed by atoms with E-state index in [9.17, 15) is 4.79 Å². The van der Waals surface area contributed by atoms with Gasteiger partial charge in [-0.2, -0.15) is 0 Å². The zero-order chi connectivity index (χ0) is 13.0. The molecule has 0 radical (unpaired) electrons. The van der Waals surface area contributed by atoms with Gasteiger partial charge in [0.05, 0.1) is 0 Å². The number of urea groups is 1. The van der Waals surface area contributed by atoms with Gasteiger partial charge in [-0.25, -0.2) is 4.79 Å². The van der Waals surface area contributed by atoms with E-state index in [2.05, 4.69) is 32.7 Å². The number of hydrogen-bond donors (Lipinski definition) is 1. The molecule has 2 amide bonds. The van der Waals surface area contributed by atoms with Crippen molar-refractivity contribution in [2.75, 3.05) is 13.7 Å². The van der Waals surface area contributed by atoms with Crippen LogP contribution in [0.3, 0.4) is 0 Å². The predicted molar refractivity (Wildman–Crippen MR) is 73.6 cm³/mol. The number of carbonyl (C=O) groups is 1. The molecule has 0 aliphatic carbocycles. The Hall–Kier alpha value is -0.336. The first-order valence-electron chi connectivity index (χ1n) is 5.72. The normalized spacial score (nSPS) is 12.6. The Balaban J connectivity index is 4.21. The Morgan fingerprint density at radius 3 is 2.06 bits per heavy atom. The van der Waals surface area contributed by atoms with E-state index in [1.165, 1.54) is 0 Å². The second-order valence-corrected chi connectivity index (χ2v) is 15.0. The third-order valence-electron chi connectivity index (χ3n) is 2.79. The van der Waals surface area contributed by atoms with Gasteiger partial charge in [-0.3, -0.25) is 0 Å². The molecule has 0 unspecified atom stereocenters. The van der Waals surface area contributed by atoms with Gasteiger partial charge in [-0.1, -0.05) is 19.6 Å². The van der Waals surface area contributed by atoms with Crippen molar-refractivity contribution in [3.8, 4) is 0 Å². The van der Waals surface area contributed by atoms with Gasteiger partial charge in [-0.15, -0.1) is 0 Å². The van der Waals surface area contributed by atoms with Gasteiger partial charge in [0.1, 0.15) is 0 Å². The van der Waals surface area contributed by atoms with Crippen molar-refractivity contribution in [2.45, 2.75) is 45.2 Å². The Labute approximate surface area is 101 Å². The quantitative estimate of drug-likeness (QED) is 0.748. The largest absolute Gasteiger partial charge is 0.420 e. The first-order valence-corrected chi connectivity index (χ1v) is 12.3. The summed E-state index contributed by atoms with van der Waals surface area (Å²) in [6.07, 6.45) is 0.986. The molecule has 0 aliphatic rings. The molecule has 0 saturated carbocycles. The minimum atomic E-state index is -1.62. The smallest absolute Gasteiger partial charge is 0.306 e. The van der Waals surface area contributed by atoms with Crippen LogP contribution in [0.5, 0.6) is 0 Å². The van der Waals surface area contributed by atoms with E-state index in [4.69, 9.17) is 10.2 Å². The third kappa shape index (κ3) is 5.67. The fourth-order valence-corrected chi connectivity index (χ4v) is 4.24. The van der Waals surface area contributed by atoms with Crippen LogP contribution < -0.4 is 5.73 Å². The molecule has 0 aromatic carbocycles. The van der Waals surface area contributed by atoms with Crippen LogP contribution in [0.4, 0.5) is 4.79 Å². The summed E-state index contributed by atoms with van der Waals surface area (Å²) in [5, 5.41) is 0. The highest BCUT2D eigenvalue weighted by atomic mass is 28.4. The molecule has 0 atom stereocenters. The molecule has 0 rings (SSSR count). The fraction of sp³-hybridized carbons (Fsp3) is 0.900. The van der Waals surface area contributed by atoms with Gasteiger partial charge in [0.15, 0.2) is 16.6 Å². The summed E-state index contributed by atoms with van der Waals surface area (Å²) in [4.78, 5) is 11.3. The summed E-state index contributed by atoms with van der Waals surface area (Å²) in [5.41, 5.74) is 5.41. The van der Waals surface area contributed by atoms with Gasteiger partial charge in [0.2, 0.25) is 0 Å². The second-order valence-electron chi connectivity index (χ2n) is 5.73. The zero-order valence-electron chi connectivity index (χ0n) is 11.5. The molecule has 0 spiro atoms. The highest BCUT2D eigenvalue weighted by molar-refractivity contribution is 6.75. The maximum atomic E-state index is 11.3. The number of primary amides is 1. The van der Waals surface area contributed by atoms with Crippen molar-refractivity contribution in [3.63, 3.8) is 0 Å².